The minimum absolute atomic E-state index is 0.188. The van der Waals surface area contributed by atoms with Crippen LogP contribution in [0.15, 0.2) is 54.6 Å². The molecule has 0 amide bonds. The van der Waals surface area contributed by atoms with E-state index in [1.807, 2.05) is 30.3 Å². The highest BCUT2D eigenvalue weighted by atomic mass is 16.7. The Bertz CT molecular complexity index is 662. The van der Waals surface area contributed by atoms with Crippen LogP contribution >= 0.6 is 0 Å². The molecule has 2 aromatic carbocycles. The molecule has 2 rings (SSSR count). The number of rotatable bonds is 8. The fourth-order valence-electron chi connectivity index (χ4n) is 2.54. The SMILES string of the molecule is CCC(C)(C)c1cccc(CCCOC(=O)OCc2ccccc2)c1. The van der Waals surface area contributed by atoms with Crippen molar-refractivity contribution in [2.75, 3.05) is 6.61 Å². The standard InChI is InChI=1S/C22H28O3/c1-4-22(2,3)20-14-8-12-18(16-20)13-9-15-24-21(23)25-17-19-10-6-5-7-11-19/h5-8,10-12,14,16H,4,9,13,15,17H2,1-3H3. The van der Waals surface area contributed by atoms with E-state index in [1.165, 1.54) is 11.1 Å². The van der Waals surface area contributed by atoms with Crippen LogP contribution in [0.3, 0.4) is 0 Å². The average Bonchev–Trinajstić information content (AvgIpc) is 2.64. The largest absolute Gasteiger partial charge is 0.508 e. The molecule has 0 bridgehead atoms. The monoisotopic (exact) mass is 340 g/mol. The molecular formula is C22H28O3. The number of hydrogen-bond acceptors (Lipinski definition) is 3. The van der Waals surface area contributed by atoms with Crippen LogP contribution in [0.2, 0.25) is 0 Å². The summed E-state index contributed by atoms with van der Waals surface area (Å²) < 4.78 is 10.2. The van der Waals surface area contributed by atoms with Crippen molar-refractivity contribution < 1.29 is 14.3 Å². The van der Waals surface area contributed by atoms with Gasteiger partial charge in [0.25, 0.3) is 0 Å². The molecule has 0 aliphatic carbocycles. The summed E-state index contributed by atoms with van der Waals surface area (Å²) in [5.41, 5.74) is 3.78. The van der Waals surface area contributed by atoms with Gasteiger partial charge in [-0.15, -0.1) is 0 Å². The number of benzene rings is 2. The van der Waals surface area contributed by atoms with Gasteiger partial charge in [0.05, 0.1) is 6.61 Å². The quantitative estimate of drug-likeness (QED) is 0.459. The summed E-state index contributed by atoms with van der Waals surface area (Å²) in [6.07, 6.45) is 2.17. The Labute approximate surface area is 151 Å². The fourth-order valence-corrected chi connectivity index (χ4v) is 2.54. The summed E-state index contributed by atoms with van der Waals surface area (Å²) >= 11 is 0. The number of aryl methyl sites for hydroxylation is 1. The Morgan fingerprint density at radius 1 is 0.960 bits per heavy atom. The highest BCUT2D eigenvalue weighted by Gasteiger charge is 2.17. The van der Waals surface area contributed by atoms with Gasteiger partial charge in [-0.25, -0.2) is 4.79 Å². The van der Waals surface area contributed by atoms with Gasteiger partial charge < -0.3 is 9.47 Å². The van der Waals surface area contributed by atoms with Gasteiger partial charge in [0.2, 0.25) is 0 Å². The van der Waals surface area contributed by atoms with Crippen LogP contribution in [0.25, 0.3) is 0 Å². The first-order valence-electron chi connectivity index (χ1n) is 8.94. The first-order chi connectivity index (χ1) is 12.0. The van der Waals surface area contributed by atoms with E-state index in [1.54, 1.807) is 0 Å². The third kappa shape index (κ3) is 6.26. The number of ether oxygens (including phenoxy) is 2. The molecule has 0 saturated heterocycles. The summed E-state index contributed by atoms with van der Waals surface area (Å²) in [5, 5.41) is 0. The Balaban J connectivity index is 1.70. The Hall–Kier alpha value is -2.29. The van der Waals surface area contributed by atoms with Gasteiger partial charge in [-0.3, -0.25) is 0 Å². The molecule has 2 aromatic rings. The lowest BCUT2D eigenvalue weighted by atomic mass is 9.81. The summed E-state index contributed by atoms with van der Waals surface area (Å²) in [7, 11) is 0. The van der Waals surface area contributed by atoms with Crippen molar-refractivity contribution in [3.8, 4) is 0 Å². The molecule has 0 heterocycles. The molecule has 0 aromatic heterocycles. The molecule has 0 unspecified atom stereocenters. The summed E-state index contributed by atoms with van der Waals surface area (Å²) in [4.78, 5) is 11.6. The molecule has 0 aliphatic heterocycles. The fraction of sp³-hybridized carbons (Fsp3) is 0.409. The molecule has 25 heavy (non-hydrogen) atoms. The third-order valence-electron chi connectivity index (χ3n) is 4.62. The maximum Gasteiger partial charge on any atom is 0.508 e. The first-order valence-corrected chi connectivity index (χ1v) is 8.94. The van der Waals surface area contributed by atoms with E-state index in [4.69, 9.17) is 9.47 Å². The highest BCUT2D eigenvalue weighted by molar-refractivity contribution is 5.59. The molecule has 0 aliphatic rings. The van der Waals surface area contributed by atoms with E-state index in [2.05, 4.69) is 45.0 Å². The van der Waals surface area contributed by atoms with Gasteiger partial charge in [-0.1, -0.05) is 75.4 Å². The van der Waals surface area contributed by atoms with Crippen LogP contribution < -0.4 is 0 Å². The molecule has 0 radical (unpaired) electrons. The normalized spacial score (nSPS) is 11.2. The van der Waals surface area contributed by atoms with E-state index in [9.17, 15) is 4.79 Å². The number of hydrogen-bond donors (Lipinski definition) is 0. The lowest BCUT2D eigenvalue weighted by Gasteiger charge is -2.23. The predicted octanol–water partition coefficient (Wildman–Crippen LogP) is 5.66. The Morgan fingerprint density at radius 3 is 2.40 bits per heavy atom. The summed E-state index contributed by atoms with van der Waals surface area (Å²) in [6, 6.07) is 18.3. The Kier molecular flexibility index (Phi) is 7.05. The predicted molar refractivity (Wildman–Crippen MR) is 101 cm³/mol. The molecule has 134 valence electrons. The lowest BCUT2D eigenvalue weighted by molar-refractivity contribution is 0.0492. The van der Waals surface area contributed by atoms with Crippen LogP contribution in [-0.2, 0) is 27.9 Å². The van der Waals surface area contributed by atoms with Crippen LogP contribution in [0.1, 0.15) is 50.3 Å². The minimum atomic E-state index is -0.607. The van der Waals surface area contributed by atoms with Gasteiger partial charge in [0.1, 0.15) is 6.61 Å². The molecule has 0 atom stereocenters. The van der Waals surface area contributed by atoms with E-state index < -0.39 is 6.16 Å². The van der Waals surface area contributed by atoms with E-state index in [-0.39, 0.29) is 12.0 Å². The van der Waals surface area contributed by atoms with Crippen LogP contribution in [0, 0.1) is 0 Å². The van der Waals surface area contributed by atoms with Gasteiger partial charge in [0.15, 0.2) is 0 Å². The topological polar surface area (TPSA) is 35.5 Å². The van der Waals surface area contributed by atoms with Crippen molar-refractivity contribution in [2.24, 2.45) is 0 Å². The molecule has 0 N–H and O–H groups in total. The number of carbonyl (C=O) groups excluding carboxylic acids is 1. The zero-order valence-electron chi connectivity index (χ0n) is 15.5. The minimum Gasteiger partial charge on any atom is -0.434 e. The van der Waals surface area contributed by atoms with Crippen LogP contribution in [0.4, 0.5) is 4.79 Å². The summed E-state index contributed by atoms with van der Waals surface area (Å²) in [5.74, 6) is 0. The molecule has 0 spiro atoms. The second-order valence-electron chi connectivity index (χ2n) is 6.91. The van der Waals surface area contributed by atoms with Crippen molar-refractivity contribution in [2.45, 2.75) is 52.1 Å². The molecule has 3 nitrogen and oxygen atoms in total. The first kappa shape index (κ1) is 19.0. The average molecular weight is 340 g/mol. The third-order valence-corrected chi connectivity index (χ3v) is 4.62. The zero-order valence-corrected chi connectivity index (χ0v) is 15.5. The maximum atomic E-state index is 11.6. The maximum absolute atomic E-state index is 11.6. The van der Waals surface area contributed by atoms with Crippen molar-refractivity contribution in [1.29, 1.82) is 0 Å². The van der Waals surface area contributed by atoms with Crippen LogP contribution in [-0.4, -0.2) is 12.8 Å². The summed E-state index contributed by atoms with van der Waals surface area (Å²) in [6.45, 7) is 7.35. The highest BCUT2D eigenvalue weighted by Crippen LogP contribution is 2.27. The van der Waals surface area contributed by atoms with Crippen LogP contribution in [0.5, 0.6) is 0 Å². The van der Waals surface area contributed by atoms with Gasteiger partial charge in [-0.2, -0.15) is 0 Å². The zero-order chi connectivity index (χ0) is 18.1. The van der Waals surface area contributed by atoms with Crippen molar-refractivity contribution in [3.63, 3.8) is 0 Å². The Morgan fingerprint density at radius 2 is 1.68 bits per heavy atom. The van der Waals surface area contributed by atoms with E-state index >= 15 is 0 Å². The smallest absolute Gasteiger partial charge is 0.434 e. The van der Waals surface area contributed by atoms with Crippen molar-refractivity contribution >= 4 is 6.16 Å². The lowest BCUT2D eigenvalue weighted by Crippen LogP contribution is -2.15. The molecule has 0 fully saturated rings. The van der Waals surface area contributed by atoms with E-state index in [0.717, 1.165) is 24.8 Å². The van der Waals surface area contributed by atoms with Gasteiger partial charge in [-0.05, 0) is 41.4 Å². The molecule has 0 saturated carbocycles. The van der Waals surface area contributed by atoms with Crippen molar-refractivity contribution in [1.82, 2.24) is 0 Å². The second kappa shape index (κ2) is 9.26. The number of carbonyl (C=O) groups is 1. The van der Waals surface area contributed by atoms with Gasteiger partial charge >= 0.3 is 6.16 Å². The van der Waals surface area contributed by atoms with Crippen molar-refractivity contribution in [3.05, 3.63) is 71.3 Å². The van der Waals surface area contributed by atoms with Gasteiger partial charge in [0, 0.05) is 0 Å². The second-order valence-corrected chi connectivity index (χ2v) is 6.91. The van der Waals surface area contributed by atoms with E-state index in [0.29, 0.717) is 6.61 Å². The molecular weight excluding hydrogens is 312 g/mol. The molecule has 3 heteroatoms.